The van der Waals surface area contributed by atoms with Crippen LogP contribution in [0.4, 0.5) is 0 Å². The fourth-order valence-corrected chi connectivity index (χ4v) is 7.44. The molecule has 0 radical (unpaired) electrons. The fraction of sp³-hybridized carbons (Fsp3) is 0.594. The molecule has 4 rings (SSSR count). The average molecular weight is 617 g/mol. The predicted molar refractivity (Wildman–Crippen MR) is 152 cm³/mol. The summed E-state index contributed by atoms with van der Waals surface area (Å²) in [7, 11) is 0. The number of rotatable bonds is 8. The van der Waals surface area contributed by atoms with E-state index in [1.165, 1.54) is 26.8 Å². The maximum absolute atomic E-state index is 13.3. The number of hydrogen-bond donors (Lipinski definition) is 1. The van der Waals surface area contributed by atoms with Gasteiger partial charge < -0.3 is 33.5 Å². The van der Waals surface area contributed by atoms with Gasteiger partial charge in [-0.1, -0.05) is 30.3 Å². The van der Waals surface area contributed by atoms with Crippen molar-refractivity contribution in [1.82, 2.24) is 0 Å². The Morgan fingerprint density at radius 3 is 2.11 bits per heavy atom. The third-order valence-corrected chi connectivity index (χ3v) is 9.08. The quantitative estimate of drug-likeness (QED) is 0.259. The van der Waals surface area contributed by atoms with Crippen LogP contribution in [-0.4, -0.2) is 82.8 Å². The molecule has 3 aliphatic rings. The smallest absolute Gasteiger partial charge is 0.344 e. The lowest BCUT2D eigenvalue weighted by molar-refractivity contribution is -0.345. The molecule has 240 valence electrons. The summed E-state index contributed by atoms with van der Waals surface area (Å²) in [6.45, 7) is 9.39. The van der Waals surface area contributed by atoms with E-state index < -0.39 is 89.0 Å². The van der Waals surface area contributed by atoms with Crippen LogP contribution < -0.4 is 0 Å². The molecule has 12 nitrogen and oxygen atoms in total. The second-order valence-corrected chi connectivity index (χ2v) is 12.6. The van der Waals surface area contributed by atoms with Gasteiger partial charge in [0.2, 0.25) is 0 Å². The maximum atomic E-state index is 13.3. The van der Waals surface area contributed by atoms with E-state index in [0.29, 0.717) is 0 Å². The molecule has 1 N–H and O–H groups in total. The molecule has 1 saturated heterocycles. The van der Waals surface area contributed by atoms with E-state index in [2.05, 4.69) is 0 Å². The van der Waals surface area contributed by atoms with Crippen molar-refractivity contribution in [3.8, 4) is 0 Å². The maximum Gasteiger partial charge on any atom is 0.344 e. The van der Waals surface area contributed by atoms with Gasteiger partial charge in [-0.25, -0.2) is 9.59 Å². The highest BCUT2D eigenvalue weighted by Gasteiger charge is 2.84. The molecule has 1 aromatic rings. The van der Waals surface area contributed by atoms with E-state index in [9.17, 15) is 29.1 Å². The first kappa shape index (κ1) is 33.1. The molecule has 3 fully saturated rings. The summed E-state index contributed by atoms with van der Waals surface area (Å²) in [6, 6.07) is 9.09. The van der Waals surface area contributed by atoms with Gasteiger partial charge >= 0.3 is 29.8 Å². The minimum absolute atomic E-state index is 0.0784. The van der Waals surface area contributed by atoms with Crippen LogP contribution in [0.1, 0.15) is 66.9 Å². The summed E-state index contributed by atoms with van der Waals surface area (Å²) in [6.07, 6.45) is -2.21. The van der Waals surface area contributed by atoms with E-state index in [1.807, 2.05) is 30.3 Å². The van der Waals surface area contributed by atoms with Crippen LogP contribution in [0, 0.1) is 11.3 Å². The first-order valence-corrected chi connectivity index (χ1v) is 14.5. The van der Waals surface area contributed by atoms with Gasteiger partial charge in [0, 0.05) is 39.2 Å². The SMILES string of the molecule is CC(=O)OCC(=O)OC1C(OC(C)=O)C[C@@](C)(O)[C@]23OC(C)(C)[C@H](CC(OC(=O)/C=C/c4ccccc4)[C@@]12C)C3OC(C)=O. The number of fused-ring (bicyclic) bond motifs is 1. The largest absolute Gasteiger partial charge is 0.459 e. The summed E-state index contributed by atoms with van der Waals surface area (Å²) in [5, 5.41) is 12.3. The van der Waals surface area contributed by atoms with Crippen LogP contribution in [-0.2, 0) is 52.4 Å². The first-order chi connectivity index (χ1) is 20.4. The number of aliphatic hydroxyl groups is 1. The molecule has 1 heterocycles. The monoisotopic (exact) mass is 616 g/mol. The van der Waals surface area contributed by atoms with Crippen LogP contribution in [0.3, 0.4) is 0 Å². The molecule has 4 unspecified atom stereocenters. The highest BCUT2D eigenvalue weighted by Crippen LogP contribution is 2.68. The van der Waals surface area contributed by atoms with Crippen molar-refractivity contribution >= 4 is 35.9 Å². The minimum atomic E-state index is -1.88. The average Bonchev–Trinajstić information content (AvgIpc) is 3.09. The van der Waals surface area contributed by atoms with Gasteiger partial charge in [-0.2, -0.15) is 0 Å². The molecule has 2 bridgehead atoms. The van der Waals surface area contributed by atoms with Gasteiger partial charge in [0.25, 0.3) is 0 Å². The van der Waals surface area contributed by atoms with Crippen molar-refractivity contribution in [2.45, 2.75) is 103 Å². The molecule has 2 saturated carbocycles. The van der Waals surface area contributed by atoms with Gasteiger partial charge in [-0.15, -0.1) is 0 Å². The number of carbonyl (C=O) groups is 5. The molecule has 8 atom stereocenters. The molecular weight excluding hydrogens is 576 g/mol. The lowest BCUT2D eigenvalue weighted by atomic mass is 9.47. The normalized spacial score (nSPS) is 35.2. The van der Waals surface area contributed by atoms with Crippen molar-refractivity contribution in [3.05, 3.63) is 42.0 Å². The third-order valence-electron chi connectivity index (χ3n) is 9.08. The van der Waals surface area contributed by atoms with Crippen molar-refractivity contribution in [2.24, 2.45) is 11.3 Å². The van der Waals surface area contributed by atoms with Crippen molar-refractivity contribution in [1.29, 1.82) is 0 Å². The molecule has 1 aromatic carbocycles. The zero-order valence-electron chi connectivity index (χ0n) is 26.0. The molecule has 2 aliphatic carbocycles. The molecule has 44 heavy (non-hydrogen) atoms. The van der Waals surface area contributed by atoms with Crippen LogP contribution in [0.25, 0.3) is 6.08 Å². The third kappa shape index (κ3) is 5.84. The predicted octanol–water partition coefficient (Wildman–Crippen LogP) is 2.68. The summed E-state index contributed by atoms with van der Waals surface area (Å²) < 4.78 is 35.1. The summed E-state index contributed by atoms with van der Waals surface area (Å²) >= 11 is 0. The summed E-state index contributed by atoms with van der Waals surface area (Å²) in [5.74, 6) is -4.34. The van der Waals surface area contributed by atoms with E-state index in [-0.39, 0.29) is 12.8 Å². The van der Waals surface area contributed by atoms with E-state index >= 15 is 0 Å². The molecular formula is C32H40O12. The second-order valence-electron chi connectivity index (χ2n) is 12.6. The zero-order valence-corrected chi connectivity index (χ0v) is 26.0. The Bertz CT molecular complexity index is 1330. The van der Waals surface area contributed by atoms with Gasteiger partial charge in [-0.05, 0) is 45.8 Å². The fourth-order valence-electron chi connectivity index (χ4n) is 7.44. The molecule has 0 amide bonds. The lowest BCUT2D eigenvalue weighted by Gasteiger charge is -2.65. The van der Waals surface area contributed by atoms with Crippen LogP contribution in [0.5, 0.6) is 0 Å². The number of carbonyl (C=O) groups excluding carboxylic acids is 5. The highest BCUT2D eigenvalue weighted by molar-refractivity contribution is 5.87. The number of ether oxygens (including phenoxy) is 6. The summed E-state index contributed by atoms with van der Waals surface area (Å²) in [5.41, 5.74) is -5.65. The first-order valence-electron chi connectivity index (χ1n) is 14.5. The lowest BCUT2D eigenvalue weighted by Crippen LogP contribution is -2.81. The minimum Gasteiger partial charge on any atom is -0.459 e. The molecule has 12 heteroatoms. The Labute approximate surface area is 255 Å². The topological polar surface area (TPSA) is 161 Å². The Morgan fingerprint density at radius 1 is 0.886 bits per heavy atom. The van der Waals surface area contributed by atoms with E-state index in [1.54, 1.807) is 26.8 Å². The van der Waals surface area contributed by atoms with Gasteiger partial charge in [0.1, 0.15) is 23.9 Å². The number of esters is 5. The molecule has 1 spiro atoms. The Balaban J connectivity index is 1.87. The highest BCUT2D eigenvalue weighted by atomic mass is 16.6. The Morgan fingerprint density at radius 2 is 1.52 bits per heavy atom. The van der Waals surface area contributed by atoms with Crippen LogP contribution >= 0.6 is 0 Å². The second kappa shape index (κ2) is 12.0. The Hall–Kier alpha value is -3.77. The van der Waals surface area contributed by atoms with Crippen LogP contribution in [0.2, 0.25) is 0 Å². The van der Waals surface area contributed by atoms with Gasteiger partial charge in [-0.3, -0.25) is 14.4 Å². The summed E-state index contributed by atoms with van der Waals surface area (Å²) in [4.78, 5) is 62.6. The number of hydrogen-bond acceptors (Lipinski definition) is 12. The van der Waals surface area contributed by atoms with E-state index in [0.717, 1.165) is 12.5 Å². The Kier molecular flexibility index (Phi) is 9.01. The number of benzene rings is 1. The van der Waals surface area contributed by atoms with Crippen molar-refractivity contribution in [3.63, 3.8) is 0 Å². The molecule has 1 aliphatic heterocycles. The molecule has 0 aromatic heterocycles. The van der Waals surface area contributed by atoms with E-state index in [4.69, 9.17) is 28.4 Å². The zero-order chi connectivity index (χ0) is 32.7. The van der Waals surface area contributed by atoms with Crippen LogP contribution in [0.15, 0.2) is 36.4 Å². The van der Waals surface area contributed by atoms with Crippen molar-refractivity contribution in [2.75, 3.05) is 6.61 Å². The van der Waals surface area contributed by atoms with Gasteiger partial charge in [0.15, 0.2) is 12.7 Å². The van der Waals surface area contributed by atoms with Gasteiger partial charge in [0.05, 0.1) is 16.6 Å². The standard InChI is InChI=1S/C32H40O12/c1-18(33)39-17-26(37)43-28-23(40-19(2)34)16-30(6,38)32-27(41-20(3)35)22(29(4,5)44-32)15-24(31(28,32)7)42-25(36)14-13-21-11-9-8-10-12-21/h8-14,22-24,27-28,38H,15-17H2,1-7H3/b14-13+/t22-,23?,24?,27?,28?,30-,31+,32+/m1/s1. The van der Waals surface area contributed by atoms with Crippen molar-refractivity contribution < 1.29 is 57.5 Å².